The lowest BCUT2D eigenvalue weighted by atomic mass is 9.44. The predicted octanol–water partition coefficient (Wildman–Crippen LogP) is 2.22. The summed E-state index contributed by atoms with van der Waals surface area (Å²) in [6, 6.07) is 0. The Morgan fingerprint density at radius 2 is 1.89 bits per heavy atom. The molecule has 0 saturated heterocycles. The van der Waals surface area contributed by atoms with Crippen molar-refractivity contribution in [2.24, 2.45) is 34.5 Å². The fourth-order valence-electron chi connectivity index (χ4n) is 7.97. The van der Waals surface area contributed by atoms with Crippen LogP contribution in [0.3, 0.4) is 0 Å². The largest absolute Gasteiger partial charge is 0.310 e. The summed E-state index contributed by atoms with van der Waals surface area (Å²) in [6.45, 7) is 4.53. The summed E-state index contributed by atoms with van der Waals surface area (Å²) in [5, 5.41) is 21.2. The first-order valence-corrected chi connectivity index (χ1v) is 13.8. The van der Waals surface area contributed by atoms with Crippen molar-refractivity contribution in [3.05, 3.63) is 44.0 Å². The van der Waals surface area contributed by atoms with Crippen LogP contribution in [0.5, 0.6) is 0 Å². The fourth-order valence-corrected chi connectivity index (χ4v) is 8.30. The van der Waals surface area contributed by atoms with Gasteiger partial charge >= 0.3 is 0 Å². The third kappa shape index (κ3) is 4.33. The van der Waals surface area contributed by atoms with Gasteiger partial charge in [-0.15, -0.1) is 20.2 Å². The molecule has 4 aliphatic carbocycles. The maximum atomic E-state index is 13.4. The minimum Gasteiger partial charge on any atom is -0.310 e. The molecule has 14 heteroatoms. The Morgan fingerprint density at radius 1 is 1.22 bits per heavy atom. The van der Waals surface area contributed by atoms with E-state index in [1.54, 1.807) is 19.1 Å². The SMILES string of the molecule is C[C@H]1C[C@@H]2[C@H]([C@H](O[N+](=O)[O-])C[C@@]3(C)[C@H]2CC[C@]3(O[N+](=O)[O-])C(=O)COS(C)(=O)=O)[C@@]2(C)C=CC(=O)C=C12. The molecule has 0 bridgehead atoms. The Labute approximate surface area is 213 Å². The van der Waals surface area contributed by atoms with Gasteiger partial charge in [0.1, 0.15) is 12.7 Å². The summed E-state index contributed by atoms with van der Waals surface area (Å²) in [7, 11) is -4.03. The lowest BCUT2D eigenvalue weighted by Gasteiger charge is -2.61. The summed E-state index contributed by atoms with van der Waals surface area (Å²) in [4.78, 5) is 59.2. The molecule has 0 aromatic rings. The molecule has 0 radical (unpaired) electrons. The maximum Gasteiger partial charge on any atom is 0.295 e. The normalized spacial score (nSPS) is 40.6. The van der Waals surface area contributed by atoms with E-state index in [1.807, 2.05) is 13.8 Å². The highest BCUT2D eigenvalue weighted by atomic mass is 32.2. The molecule has 0 aromatic heterocycles. The minimum absolute atomic E-state index is 0.0746. The second-order valence-electron chi connectivity index (χ2n) is 11.1. The molecule has 0 amide bonds. The molecule has 204 valence electrons. The summed E-state index contributed by atoms with van der Waals surface area (Å²) in [5.74, 6) is -2.21. The zero-order chi connectivity index (χ0) is 27.6. The average Bonchev–Trinajstić information content (AvgIpc) is 3.04. The van der Waals surface area contributed by atoms with Gasteiger partial charge in [0.25, 0.3) is 20.3 Å². The van der Waals surface area contributed by atoms with Gasteiger partial charge in [0.05, 0.1) is 6.26 Å². The molecule has 4 aliphatic rings. The minimum atomic E-state index is -4.03. The van der Waals surface area contributed by atoms with Gasteiger partial charge in [-0.3, -0.25) is 18.6 Å². The number of Topliss-reactive ketones (excluding diaryl/α,β-unsaturated/α-hetero) is 1. The maximum absolute atomic E-state index is 13.4. The second kappa shape index (κ2) is 8.86. The van der Waals surface area contributed by atoms with Crippen LogP contribution >= 0.6 is 0 Å². The fraction of sp³-hybridized carbons (Fsp3) is 0.739. The average molecular weight is 543 g/mol. The molecular formula is C23H30N2O11S. The summed E-state index contributed by atoms with van der Waals surface area (Å²) in [5.41, 5.74) is -3.26. The van der Waals surface area contributed by atoms with Crippen LogP contribution in [0.25, 0.3) is 0 Å². The zero-order valence-corrected chi connectivity index (χ0v) is 21.8. The first-order valence-electron chi connectivity index (χ1n) is 12.0. The smallest absolute Gasteiger partial charge is 0.295 e. The number of fused-ring (bicyclic) bond motifs is 5. The molecule has 3 fully saturated rings. The number of rotatable bonds is 8. The van der Waals surface area contributed by atoms with Crippen LogP contribution < -0.4 is 0 Å². The third-order valence-corrected chi connectivity index (χ3v) is 9.77. The Balaban J connectivity index is 1.83. The van der Waals surface area contributed by atoms with Crippen molar-refractivity contribution in [2.75, 3.05) is 12.9 Å². The molecule has 13 nitrogen and oxygen atoms in total. The Morgan fingerprint density at radius 3 is 2.49 bits per heavy atom. The molecule has 3 saturated carbocycles. The lowest BCUT2D eigenvalue weighted by Crippen LogP contribution is -2.64. The molecule has 37 heavy (non-hydrogen) atoms. The molecule has 0 spiro atoms. The number of hydrogen-bond acceptors (Lipinski definition) is 11. The number of carbonyl (C=O) groups is 2. The highest BCUT2D eigenvalue weighted by Gasteiger charge is 2.71. The first kappa shape index (κ1) is 27.2. The Hall–Kier alpha value is -2.87. The van der Waals surface area contributed by atoms with Crippen LogP contribution in [0, 0.1) is 54.7 Å². The van der Waals surface area contributed by atoms with Crippen LogP contribution in [-0.4, -0.2) is 54.7 Å². The monoisotopic (exact) mass is 542 g/mol. The van der Waals surface area contributed by atoms with Crippen molar-refractivity contribution in [2.45, 2.75) is 58.2 Å². The van der Waals surface area contributed by atoms with Gasteiger partial charge in [0.15, 0.2) is 17.2 Å². The summed E-state index contributed by atoms with van der Waals surface area (Å²) < 4.78 is 27.8. The molecule has 0 aromatic carbocycles. The molecule has 0 unspecified atom stereocenters. The van der Waals surface area contributed by atoms with Crippen molar-refractivity contribution in [1.82, 2.24) is 0 Å². The molecule has 4 rings (SSSR count). The second-order valence-corrected chi connectivity index (χ2v) is 12.8. The number of ketones is 2. The molecule has 0 aliphatic heterocycles. The quantitative estimate of drug-likeness (QED) is 0.249. The van der Waals surface area contributed by atoms with Gasteiger partial charge in [-0.2, -0.15) is 8.42 Å². The van der Waals surface area contributed by atoms with Crippen LogP contribution in [0.15, 0.2) is 23.8 Å². The van der Waals surface area contributed by atoms with Gasteiger partial charge in [0, 0.05) is 16.7 Å². The molecule has 0 N–H and O–H groups in total. The predicted molar refractivity (Wildman–Crippen MR) is 125 cm³/mol. The van der Waals surface area contributed by atoms with E-state index in [4.69, 9.17) is 9.68 Å². The van der Waals surface area contributed by atoms with E-state index >= 15 is 0 Å². The van der Waals surface area contributed by atoms with E-state index in [9.17, 15) is 38.2 Å². The van der Waals surface area contributed by atoms with Gasteiger partial charge in [-0.1, -0.05) is 32.4 Å². The number of nitrogens with zero attached hydrogens (tertiary/aromatic N) is 2. The zero-order valence-electron chi connectivity index (χ0n) is 20.9. The van der Waals surface area contributed by atoms with Gasteiger partial charge in [0.2, 0.25) is 0 Å². The summed E-state index contributed by atoms with van der Waals surface area (Å²) >= 11 is 0. The highest BCUT2D eigenvalue weighted by molar-refractivity contribution is 7.86. The van der Waals surface area contributed by atoms with Crippen LogP contribution in [0.4, 0.5) is 0 Å². The van der Waals surface area contributed by atoms with Crippen molar-refractivity contribution < 1.29 is 42.0 Å². The van der Waals surface area contributed by atoms with Gasteiger partial charge in [-0.25, -0.2) is 0 Å². The summed E-state index contributed by atoms with van der Waals surface area (Å²) in [6.07, 6.45) is 5.10. The van der Waals surface area contributed by atoms with E-state index in [0.29, 0.717) is 12.8 Å². The number of carbonyl (C=O) groups excluding carboxylic acids is 2. The van der Waals surface area contributed by atoms with Crippen molar-refractivity contribution in [1.29, 1.82) is 0 Å². The van der Waals surface area contributed by atoms with Gasteiger partial charge < -0.3 is 4.84 Å². The van der Waals surface area contributed by atoms with E-state index in [1.165, 1.54) is 6.08 Å². The lowest BCUT2D eigenvalue weighted by molar-refractivity contribution is -0.784. The van der Waals surface area contributed by atoms with E-state index in [0.717, 1.165) is 11.8 Å². The van der Waals surface area contributed by atoms with E-state index < -0.39 is 61.1 Å². The van der Waals surface area contributed by atoms with Crippen molar-refractivity contribution in [3.8, 4) is 0 Å². The number of hydrogen-bond donors (Lipinski definition) is 0. The van der Waals surface area contributed by atoms with Crippen molar-refractivity contribution in [3.63, 3.8) is 0 Å². The standard InChI is InChI=1S/C23H30N2O11S/c1-13-9-15-16-6-8-23(36-25(30)31,19(27)12-34-37(4,32)33)22(16,3)11-18(35-24(28)29)20(15)21(2)7-5-14(26)10-17(13)21/h5,7,10,13,15-16,18,20H,6,8-9,11-12H2,1-4H3/t13-,15-,16-,18+,20+,21-,22-,23-/m0/s1. The Bertz CT molecular complexity index is 1210. The van der Waals surface area contributed by atoms with Crippen LogP contribution in [0.2, 0.25) is 0 Å². The highest BCUT2D eigenvalue weighted by Crippen LogP contribution is 2.69. The van der Waals surface area contributed by atoms with Gasteiger partial charge in [-0.05, 0) is 55.6 Å². The van der Waals surface area contributed by atoms with Crippen molar-refractivity contribution >= 4 is 21.7 Å². The third-order valence-electron chi connectivity index (χ3n) is 9.22. The van der Waals surface area contributed by atoms with Crippen LogP contribution in [-0.2, 0) is 33.6 Å². The topological polar surface area (TPSA) is 182 Å². The Kier molecular flexibility index (Phi) is 6.51. The van der Waals surface area contributed by atoms with Crippen LogP contribution in [0.1, 0.15) is 46.5 Å². The van der Waals surface area contributed by atoms with E-state index in [2.05, 4.69) is 4.18 Å². The molecule has 8 atom stereocenters. The first-order chi connectivity index (χ1) is 17.0. The molecular weight excluding hydrogens is 512 g/mol. The molecule has 0 heterocycles. The number of allylic oxidation sites excluding steroid dienone is 4. The van der Waals surface area contributed by atoms with E-state index in [-0.39, 0.29) is 36.4 Å².